The lowest BCUT2D eigenvalue weighted by atomic mass is 9.65. The number of hydrogen-bond donors (Lipinski definition) is 1. The highest BCUT2D eigenvalue weighted by Crippen LogP contribution is 2.53. The topological polar surface area (TPSA) is 83.1 Å². The summed E-state index contributed by atoms with van der Waals surface area (Å²) >= 11 is 0. The minimum Gasteiger partial charge on any atom is -0.493 e. The van der Waals surface area contributed by atoms with Crippen LogP contribution in [0.1, 0.15) is 50.5 Å². The molecule has 7 heteroatoms. The summed E-state index contributed by atoms with van der Waals surface area (Å²) in [5.41, 5.74) is 2.06. The second kappa shape index (κ2) is 7.52. The molecule has 7 nitrogen and oxygen atoms in total. The zero-order valence-electron chi connectivity index (χ0n) is 18.8. The number of azo groups is 1. The van der Waals surface area contributed by atoms with E-state index in [0.717, 1.165) is 23.9 Å². The lowest BCUT2D eigenvalue weighted by molar-refractivity contribution is 0.0990. The number of para-hydroxylation sites is 1. The lowest BCUT2D eigenvalue weighted by Gasteiger charge is -2.40. The first-order valence-electron chi connectivity index (χ1n) is 11.2. The summed E-state index contributed by atoms with van der Waals surface area (Å²) in [6, 6.07) is 13.3. The zero-order valence-corrected chi connectivity index (χ0v) is 18.8. The van der Waals surface area contributed by atoms with E-state index in [4.69, 9.17) is 0 Å². The van der Waals surface area contributed by atoms with E-state index >= 15 is 0 Å². The Hall–Kier alpha value is -3.06. The Balaban J connectivity index is 1.47. The maximum absolute atomic E-state index is 12.4. The number of carbonyl (C=O) groups excluding carboxylic acids is 1. The summed E-state index contributed by atoms with van der Waals surface area (Å²) in [6.45, 7) is 8.72. The fourth-order valence-corrected chi connectivity index (χ4v) is 6.07. The molecule has 2 fully saturated rings. The number of nitrogens with zero attached hydrogens (tertiary/aromatic N) is 5. The van der Waals surface area contributed by atoms with Gasteiger partial charge in [0, 0.05) is 24.2 Å². The number of pyridine rings is 1. The summed E-state index contributed by atoms with van der Waals surface area (Å²) < 4.78 is 1.89. The zero-order chi connectivity index (χ0) is 22.5. The van der Waals surface area contributed by atoms with Crippen LogP contribution in [0.15, 0.2) is 58.9 Å². The summed E-state index contributed by atoms with van der Waals surface area (Å²) in [6.07, 6.45) is 5.12. The van der Waals surface area contributed by atoms with E-state index in [1.807, 2.05) is 28.8 Å². The smallest absolute Gasteiger partial charge is 0.313 e. The van der Waals surface area contributed by atoms with E-state index in [2.05, 4.69) is 40.9 Å². The molecule has 0 radical (unpaired) electrons. The van der Waals surface area contributed by atoms with E-state index in [-0.39, 0.29) is 11.6 Å². The van der Waals surface area contributed by atoms with Gasteiger partial charge in [0.1, 0.15) is 5.69 Å². The Bertz CT molecular complexity index is 1200. The first-order valence-corrected chi connectivity index (χ1v) is 11.2. The Morgan fingerprint density at radius 2 is 1.94 bits per heavy atom. The van der Waals surface area contributed by atoms with Gasteiger partial charge in [-0.2, -0.15) is 0 Å². The molecular formula is C25H29N5O2. The molecule has 166 valence electrons. The van der Waals surface area contributed by atoms with Crippen molar-refractivity contribution >= 4 is 22.5 Å². The summed E-state index contributed by atoms with van der Waals surface area (Å²) in [7, 11) is 0. The van der Waals surface area contributed by atoms with Crippen molar-refractivity contribution in [3.8, 4) is 5.88 Å². The quantitative estimate of drug-likeness (QED) is 0.551. The number of fused-ring (bicyclic) bond motifs is 3. The van der Waals surface area contributed by atoms with Crippen molar-refractivity contribution in [1.82, 2.24) is 14.5 Å². The third kappa shape index (κ3) is 3.71. The second-order valence-electron chi connectivity index (χ2n) is 10.4. The molecule has 32 heavy (non-hydrogen) atoms. The molecule has 1 saturated carbocycles. The number of hydrogen-bond acceptors (Lipinski definition) is 5. The maximum atomic E-state index is 12.4. The molecule has 3 heterocycles. The van der Waals surface area contributed by atoms with Crippen LogP contribution in [-0.2, 0) is 6.67 Å². The molecule has 2 unspecified atom stereocenters. The van der Waals surface area contributed by atoms with Gasteiger partial charge in [0.05, 0.1) is 12.2 Å². The average Bonchev–Trinajstić information content (AvgIpc) is 3.15. The third-order valence-corrected chi connectivity index (χ3v) is 6.89. The molecule has 2 bridgehead atoms. The predicted octanol–water partition coefficient (Wildman–Crippen LogP) is 5.52. The highest BCUT2D eigenvalue weighted by molar-refractivity contribution is 5.96. The van der Waals surface area contributed by atoms with Gasteiger partial charge < -0.3 is 5.11 Å². The van der Waals surface area contributed by atoms with Crippen LogP contribution in [0.2, 0.25) is 0 Å². The summed E-state index contributed by atoms with van der Waals surface area (Å²) in [5.74, 6) is -0.500. The number of benzene rings is 1. The first kappa shape index (κ1) is 20.8. The molecule has 1 aliphatic carbocycles. The van der Waals surface area contributed by atoms with Crippen LogP contribution in [0, 0.1) is 10.8 Å². The second-order valence-corrected chi connectivity index (χ2v) is 10.4. The minimum atomic E-state index is -0.537. The van der Waals surface area contributed by atoms with Gasteiger partial charge in [-0.05, 0) is 48.3 Å². The molecule has 1 amide bonds. The van der Waals surface area contributed by atoms with E-state index in [1.54, 1.807) is 24.4 Å². The van der Waals surface area contributed by atoms with E-state index in [1.165, 1.54) is 12.8 Å². The van der Waals surface area contributed by atoms with Gasteiger partial charge in [0.15, 0.2) is 5.69 Å². The van der Waals surface area contributed by atoms with E-state index < -0.39 is 5.91 Å². The predicted molar refractivity (Wildman–Crippen MR) is 123 cm³/mol. The fraction of sp³-hybridized carbons (Fsp3) is 0.440. The van der Waals surface area contributed by atoms with Crippen molar-refractivity contribution in [1.29, 1.82) is 0 Å². The maximum Gasteiger partial charge on any atom is 0.313 e. The number of amides is 1. The van der Waals surface area contributed by atoms with Crippen molar-refractivity contribution in [2.24, 2.45) is 21.1 Å². The van der Waals surface area contributed by atoms with Gasteiger partial charge in [0.25, 0.3) is 0 Å². The average molecular weight is 432 g/mol. The number of aromatic nitrogens is 2. The standard InChI is InChI=1S/C25H29N5O2/c1-24(2)12-17-13-25(3,14-24)15-29(17)16-30-20-10-5-4-8-18(20)21(23(30)32)27-28-22(31)19-9-6-7-11-26-19/h4-11,17,32H,12-16H2,1-3H3. The van der Waals surface area contributed by atoms with Crippen molar-refractivity contribution in [2.75, 3.05) is 6.54 Å². The molecule has 2 aromatic heterocycles. The van der Waals surface area contributed by atoms with Crippen LogP contribution in [0.5, 0.6) is 5.88 Å². The molecule has 1 aliphatic heterocycles. The molecule has 2 atom stereocenters. The van der Waals surface area contributed by atoms with E-state index in [9.17, 15) is 9.90 Å². The highest BCUT2D eigenvalue weighted by Gasteiger charge is 2.49. The first-order chi connectivity index (χ1) is 15.2. The van der Waals surface area contributed by atoms with Crippen LogP contribution in [0.25, 0.3) is 10.9 Å². The Labute approximate surface area is 187 Å². The number of carbonyl (C=O) groups is 1. The number of likely N-dealkylation sites (tertiary alicyclic amines) is 1. The van der Waals surface area contributed by atoms with Crippen molar-refractivity contribution in [3.63, 3.8) is 0 Å². The summed E-state index contributed by atoms with van der Waals surface area (Å²) in [5, 5.41) is 19.9. The SMILES string of the molecule is CC1(C)CC2CC(C)(CN2Cn2c(O)c(N=NC(=O)c3ccccn3)c3ccccc32)C1. The van der Waals surface area contributed by atoms with Gasteiger partial charge in [-0.1, -0.05) is 45.0 Å². The molecule has 1 aromatic carbocycles. The third-order valence-electron chi connectivity index (χ3n) is 6.89. The Morgan fingerprint density at radius 3 is 2.72 bits per heavy atom. The lowest BCUT2D eigenvalue weighted by Crippen LogP contribution is -2.35. The van der Waals surface area contributed by atoms with Crippen molar-refractivity contribution < 1.29 is 9.90 Å². The van der Waals surface area contributed by atoms with Crippen LogP contribution in [0.4, 0.5) is 5.69 Å². The van der Waals surface area contributed by atoms with Gasteiger partial charge in [-0.15, -0.1) is 10.2 Å². The molecule has 0 spiro atoms. The molecule has 5 rings (SSSR count). The van der Waals surface area contributed by atoms with Crippen LogP contribution >= 0.6 is 0 Å². The normalized spacial score (nSPS) is 25.0. The van der Waals surface area contributed by atoms with Crippen LogP contribution < -0.4 is 0 Å². The van der Waals surface area contributed by atoms with Gasteiger partial charge in [-0.3, -0.25) is 19.2 Å². The molecule has 1 N–H and O–H groups in total. The molecule has 3 aromatic rings. The van der Waals surface area contributed by atoms with Gasteiger partial charge in [0.2, 0.25) is 5.88 Å². The molecule has 1 saturated heterocycles. The van der Waals surface area contributed by atoms with Gasteiger partial charge in [-0.25, -0.2) is 0 Å². The molecular weight excluding hydrogens is 402 g/mol. The monoisotopic (exact) mass is 431 g/mol. The van der Waals surface area contributed by atoms with E-state index in [0.29, 0.717) is 29.2 Å². The number of aromatic hydroxyl groups is 1. The van der Waals surface area contributed by atoms with Crippen molar-refractivity contribution in [2.45, 2.75) is 52.7 Å². The Kier molecular flexibility index (Phi) is 4.89. The Morgan fingerprint density at radius 1 is 1.16 bits per heavy atom. The largest absolute Gasteiger partial charge is 0.493 e. The minimum absolute atomic E-state index is 0.0367. The van der Waals surface area contributed by atoms with Crippen LogP contribution in [0.3, 0.4) is 0 Å². The number of rotatable bonds is 4. The summed E-state index contributed by atoms with van der Waals surface area (Å²) in [4.78, 5) is 18.9. The molecule has 2 aliphatic rings. The highest BCUT2D eigenvalue weighted by atomic mass is 16.3. The fourth-order valence-electron chi connectivity index (χ4n) is 6.07. The van der Waals surface area contributed by atoms with Crippen LogP contribution in [-0.4, -0.2) is 38.1 Å². The van der Waals surface area contributed by atoms with Crippen molar-refractivity contribution in [3.05, 3.63) is 54.4 Å². The van der Waals surface area contributed by atoms with Gasteiger partial charge >= 0.3 is 5.91 Å².